The van der Waals surface area contributed by atoms with Crippen LogP contribution in [0.2, 0.25) is 0 Å². The van der Waals surface area contributed by atoms with Crippen LogP contribution < -0.4 is 5.32 Å². The third-order valence-electron chi connectivity index (χ3n) is 3.07. The van der Waals surface area contributed by atoms with Crippen LogP contribution in [0.15, 0.2) is 12.2 Å². The number of hydrogen-bond donors (Lipinski definition) is 1. The van der Waals surface area contributed by atoms with E-state index in [4.69, 9.17) is 0 Å². The van der Waals surface area contributed by atoms with Gasteiger partial charge in [0.1, 0.15) is 0 Å². The Bertz CT molecular complexity index is 203. The first kappa shape index (κ1) is 12.3. The first-order chi connectivity index (χ1) is 7.34. The Kier molecular flexibility index (Phi) is 6.14. The van der Waals surface area contributed by atoms with E-state index in [1.54, 1.807) is 0 Å². The summed E-state index contributed by atoms with van der Waals surface area (Å²) in [5.41, 5.74) is 0. The van der Waals surface area contributed by atoms with Crippen molar-refractivity contribution in [1.29, 1.82) is 0 Å². The normalized spacial score (nSPS) is 19.0. The Morgan fingerprint density at radius 2 is 1.93 bits per heavy atom. The van der Waals surface area contributed by atoms with Crippen molar-refractivity contribution in [2.75, 3.05) is 6.54 Å². The second-order valence-electron chi connectivity index (χ2n) is 4.34. The molecule has 0 aromatic rings. The summed E-state index contributed by atoms with van der Waals surface area (Å²) in [6.45, 7) is 2.80. The molecule has 2 nitrogen and oxygen atoms in total. The average molecular weight is 209 g/mol. The number of nitrogens with one attached hydrogen (secondary N) is 1. The summed E-state index contributed by atoms with van der Waals surface area (Å²) in [7, 11) is 0. The molecular formula is C13H23NO. The van der Waals surface area contributed by atoms with Gasteiger partial charge in [0.2, 0.25) is 5.91 Å². The molecule has 15 heavy (non-hydrogen) atoms. The molecule has 86 valence electrons. The van der Waals surface area contributed by atoms with Gasteiger partial charge in [-0.2, -0.15) is 0 Å². The monoisotopic (exact) mass is 209 g/mol. The molecule has 1 N–H and O–H groups in total. The molecule has 0 radical (unpaired) electrons. The van der Waals surface area contributed by atoms with Crippen LogP contribution in [0.25, 0.3) is 0 Å². The SMILES string of the molecule is C/C=C/CCNC(=O)C1CCCCCC1. The molecule has 0 aromatic carbocycles. The van der Waals surface area contributed by atoms with Crippen molar-refractivity contribution in [3.05, 3.63) is 12.2 Å². The molecule has 1 rings (SSSR count). The zero-order chi connectivity index (χ0) is 10.9. The largest absolute Gasteiger partial charge is 0.356 e. The van der Waals surface area contributed by atoms with Crippen LogP contribution >= 0.6 is 0 Å². The molecule has 1 aliphatic rings. The highest BCUT2D eigenvalue weighted by Gasteiger charge is 2.18. The minimum atomic E-state index is 0.279. The van der Waals surface area contributed by atoms with Gasteiger partial charge in [0, 0.05) is 12.5 Å². The lowest BCUT2D eigenvalue weighted by molar-refractivity contribution is -0.125. The standard InChI is InChI=1S/C13H23NO/c1-2-3-8-11-14-13(15)12-9-6-4-5-7-10-12/h2-3,12H,4-11H2,1H3,(H,14,15)/b3-2+. The number of amides is 1. The molecule has 1 aliphatic carbocycles. The molecule has 0 spiro atoms. The lowest BCUT2D eigenvalue weighted by atomic mass is 9.99. The van der Waals surface area contributed by atoms with Crippen molar-refractivity contribution in [1.82, 2.24) is 5.32 Å². The average Bonchev–Trinajstić information content (AvgIpc) is 2.52. The molecule has 1 fully saturated rings. The Morgan fingerprint density at radius 3 is 2.53 bits per heavy atom. The zero-order valence-electron chi connectivity index (χ0n) is 9.80. The number of carbonyl (C=O) groups is 1. The molecule has 0 atom stereocenters. The summed E-state index contributed by atoms with van der Waals surface area (Å²) in [4.78, 5) is 11.8. The van der Waals surface area contributed by atoms with Gasteiger partial charge in [-0.25, -0.2) is 0 Å². The summed E-state index contributed by atoms with van der Waals surface area (Å²) in [5.74, 6) is 0.569. The van der Waals surface area contributed by atoms with Crippen LogP contribution in [0.4, 0.5) is 0 Å². The first-order valence-corrected chi connectivity index (χ1v) is 6.23. The molecular weight excluding hydrogens is 186 g/mol. The lowest BCUT2D eigenvalue weighted by Crippen LogP contribution is -2.31. The van der Waals surface area contributed by atoms with E-state index < -0.39 is 0 Å². The van der Waals surface area contributed by atoms with Crippen molar-refractivity contribution in [3.8, 4) is 0 Å². The quantitative estimate of drug-likeness (QED) is 0.430. The van der Waals surface area contributed by atoms with Crippen molar-refractivity contribution >= 4 is 5.91 Å². The molecule has 0 unspecified atom stereocenters. The second kappa shape index (κ2) is 7.49. The third kappa shape index (κ3) is 5.01. The Hall–Kier alpha value is -0.790. The van der Waals surface area contributed by atoms with E-state index in [-0.39, 0.29) is 11.8 Å². The smallest absolute Gasteiger partial charge is 0.223 e. The Labute approximate surface area is 93.1 Å². The van der Waals surface area contributed by atoms with Crippen LogP contribution in [0.3, 0.4) is 0 Å². The predicted molar refractivity (Wildman–Crippen MR) is 63.6 cm³/mol. The minimum Gasteiger partial charge on any atom is -0.356 e. The van der Waals surface area contributed by atoms with E-state index >= 15 is 0 Å². The van der Waals surface area contributed by atoms with E-state index in [0.29, 0.717) is 0 Å². The van der Waals surface area contributed by atoms with Gasteiger partial charge in [0.25, 0.3) is 0 Å². The summed E-state index contributed by atoms with van der Waals surface area (Å²) < 4.78 is 0. The van der Waals surface area contributed by atoms with Gasteiger partial charge in [0.15, 0.2) is 0 Å². The summed E-state index contributed by atoms with van der Waals surface area (Å²) in [6.07, 6.45) is 12.3. The van der Waals surface area contributed by atoms with Crippen molar-refractivity contribution in [2.45, 2.75) is 51.9 Å². The zero-order valence-corrected chi connectivity index (χ0v) is 9.80. The van der Waals surface area contributed by atoms with Crippen LogP contribution in [-0.4, -0.2) is 12.5 Å². The van der Waals surface area contributed by atoms with Gasteiger partial charge in [-0.05, 0) is 26.2 Å². The van der Waals surface area contributed by atoms with Gasteiger partial charge < -0.3 is 5.32 Å². The van der Waals surface area contributed by atoms with E-state index in [9.17, 15) is 4.79 Å². The second-order valence-corrected chi connectivity index (χ2v) is 4.34. The van der Waals surface area contributed by atoms with E-state index in [0.717, 1.165) is 25.8 Å². The Morgan fingerprint density at radius 1 is 1.27 bits per heavy atom. The van der Waals surface area contributed by atoms with Gasteiger partial charge in [0.05, 0.1) is 0 Å². The maximum Gasteiger partial charge on any atom is 0.223 e. The summed E-state index contributed by atoms with van der Waals surface area (Å²) >= 11 is 0. The topological polar surface area (TPSA) is 29.1 Å². The van der Waals surface area contributed by atoms with E-state index in [1.165, 1.54) is 25.7 Å². The molecule has 0 saturated heterocycles. The van der Waals surface area contributed by atoms with Gasteiger partial charge in [-0.1, -0.05) is 37.8 Å². The third-order valence-corrected chi connectivity index (χ3v) is 3.07. The van der Waals surface area contributed by atoms with Crippen molar-refractivity contribution in [2.24, 2.45) is 5.92 Å². The highest BCUT2D eigenvalue weighted by Crippen LogP contribution is 2.22. The molecule has 0 aromatic heterocycles. The van der Waals surface area contributed by atoms with E-state index in [2.05, 4.69) is 11.4 Å². The summed E-state index contributed by atoms with van der Waals surface area (Å²) in [5, 5.41) is 3.02. The Balaban J connectivity index is 2.19. The highest BCUT2D eigenvalue weighted by molar-refractivity contribution is 5.78. The molecule has 0 heterocycles. The molecule has 2 heteroatoms. The van der Waals surface area contributed by atoms with Gasteiger partial charge >= 0.3 is 0 Å². The van der Waals surface area contributed by atoms with Crippen LogP contribution in [0.5, 0.6) is 0 Å². The maximum absolute atomic E-state index is 11.8. The van der Waals surface area contributed by atoms with Gasteiger partial charge in [-0.3, -0.25) is 4.79 Å². The van der Waals surface area contributed by atoms with Crippen LogP contribution in [-0.2, 0) is 4.79 Å². The molecule has 0 aliphatic heterocycles. The number of rotatable bonds is 4. The fourth-order valence-electron chi connectivity index (χ4n) is 2.13. The fraction of sp³-hybridized carbons (Fsp3) is 0.769. The van der Waals surface area contributed by atoms with E-state index in [1.807, 2.05) is 13.0 Å². The fourth-order valence-corrected chi connectivity index (χ4v) is 2.13. The maximum atomic E-state index is 11.8. The molecule has 1 saturated carbocycles. The first-order valence-electron chi connectivity index (χ1n) is 6.23. The van der Waals surface area contributed by atoms with Crippen LogP contribution in [0, 0.1) is 5.92 Å². The predicted octanol–water partition coefficient (Wildman–Crippen LogP) is 3.04. The lowest BCUT2D eigenvalue weighted by Gasteiger charge is -2.13. The van der Waals surface area contributed by atoms with Crippen molar-refractivity contribution < 1.29 is 4.79 Å². The number of allylic oxidation sites excluding steroid dienone is 1. The minimum absolute atomic E-state index is 0.279. The van der Waals surface area contributed by atoms with Crippen LogP contribution in [0.1, 0.15) is 51.9 Å². The molecule has 1 amide bonds. The highest BCUT2D eigenvalue weighted by atomic mass is 16.1. The van der Waals surface area contributed by atoms with Gasteiger partial charge in [-0.15, -0.1) is 0 Å². The van der Waals surface area contributed by atoms with Crippen molar-refractivity contribution in [3.63, 3.8) is 0 Å². The molecule has 0 bridgehead atoms. The number of carbonyl (C=O) groups excluding carboxylic acids is 1. The summed E-state index contributed by atoms with van der Waals surface area (Å²) in [6, 6.07) is 0. The number of hydrogen-bond acceptors (Lipinski definition) is 1.